The molecular formula is C9H10ClF8I. The summed E-state index contributed by atoms with van der Waals surface area (Å²) in [6, 6.07) is 0. The van der Waals surface area contributed by atoms with Crippen molar-refractivity contribution in [3.63, 3.8) is 0 Å². The van der Waals surface area contributed by atoms with Crippen molar-refractivity contribution in [2.45, 2.75) is 47.3 Å². The minimum Gasteiger partial charge on any atom is -0.199 e. The lowest BCUT2D eigenvalue weighted by atomic mass is 9.90. The van der Waals surface area contributed by atoms with Crippen molar-refractivity contribution in [1.82, 2.24) is 0 Å². The summed E-state index contributed by atoms with van der Waals surface area (Å²) in [6.45, 7) is 1.97. The molecule has 0 heterocycles. The van der Waals surface area contributed by atoms with Gasteiger partial charge in [-0.2, -0.15) is 35.1 Å². The third kappa shape index (κ3) is 3.21. The van der Waals surface area contributed by atoms with Crippen LogP contribution in [0.25, 0.3) is 0 Å². The first-order valence-corrected chi connectivity index (χ1v) is 6.61. The minimum atomic E-state index is -6.37. The van der Waals surface area contributed by atoms with E-state index < -0.39 is 33.0 Å². The highest BCUT2D eigenvalue weighted by molar-refractivity contribution is 14.1. The molecule has 0 aliphatic heterocycles. The van der Waals surface area contributed by atoms with E-state index in [2.05, 4.69) is 11.6 Å². The van der Waals surface area contributed by atoms with E-state index in [1.807, 2.05) is 0 Å². The average molecular weight is 433 g/mol. The van der Waals surface area contributed by atoms with Crippen LogP contribution in [-0.4, -0.2) is 27.1 Å². The number of hydrogen-bond donors (Lipinski definition) is 0. The van der Waals surface area contributed by atoms with Crippen LogP contribution in [0.1, 0.15) is 20.3 Å². The largest absolute Gasteiger partial charge is 0.392 e. The smallest absolute Gasteiger partial charge is 0.199 e. The van der Waals surface area contributed by atoms with Gasteiger partial charge in [-0.15, -0.1) is 0 Å². The van der Waals surface area contributed by atoms with Crippen LogP contribution in [0.4, 0.5) is 35.1 Å². The molecule has 0 aliphatic rings. The van der Waals surface area contributed by atoms with Crippen LogP contribution in [0.15, 0.2) is 0 Å². The van der Waals surface area contributed by atoms with Gasteiger partial charge in [0.05, 0.1) is 0 Å². The second-order valence-electron chi connectivity index (χ2n) is 3.98. The molecule has 0 nitrogen and oxygen atoms in total. The van der Waals surface area contributed by atoms with E-state index in [4.69, 9.17) is 0 Å². The van der Waals surface area contributed by atoms with Gasteiger partial charge < -0.3 is 0 Å². The zero-order valence-corrected chi connectivity index (χ0v) is 12.6. The number of halogens is 10. The monoisotopic (exact) mass is 432 g/mol. The van der Waals surface area contributed by atoms with Crippen molar-refractivity contribution >= 4 is 34.2 Å². The summed E-state index contributed by atoms with van der Waals surface area (Å²) in [5.41, 5.74) is 0. The third-order valence-corrected chi connectivity index (χ3v) is 4.87. The fourth-order valence-corrected chi connectivity index (χ4v) is 1.82. The summed E-state index contributed by atoms with van der Waals surface area (Å²) in [6.07, 6.45) is -0.0176. The summed E-state index contributed by atoms with van der Waals surface area (Å²) in [5.74, 6) is -20.2. The SMILES string of the molecule is CCC(I)C(C)C(F)(F)C(F)(F)C(F)(F)C(F)(F)Cl. The molecule has 0 aromatic rings. The highest BCUT2D eigenvalue weighted by atomic mass is 127. The molecule has 0 aromatic heterocycles. The summed E-state index contributed by atoms with van der Waals surface area (Å²) < 4.78 is 102. The second kappa shape index (κ2) is 5.69. The number of rotatable bonds is 6. The Bertz CT molecular complexity index is 314. The van der Waals surface area contributed by atoms with E-state index in [1.165, 1.54) is 29.5 Å². The summed E-state index contributed by atoms with van der Waals surface area (Å²) in [5, 5.41) is -5.79. The maximum Gasteiger partial charge on any atom is 0.392 e. The Morgan fingerprint density at radius 2 is 1.32 bits per heavy atom. The molecule has 0 radical (unpaired) electrons. The first-order chi connectivity index (χ1) is 8.14. The van der Waals surface area contributed by atoms with Gasteiger partial charge in [-0.05, 0) is 18.0 Å². The fourth-order valence-electron chi connectivity index (χ4n) is 1.25. The van der Waals surface area contributed by atoms with Gasteiger partial charge in [-0.3, -0.25) is 0 Å². The highest BCUT2D eigenvalue weighted by Crippen LogP contribution is 2.56. The van der Waals surface area contributed by atoms with E-state index in [-0.39, 0.29) is 6.42 Å². The van der Waals surface area contributed by atoms with Gasteiger partial charge in [0.15, 0.2) is 0 Å². The summed E-state index contributed by atoms with van der Waals surface area (Å²) in [7, 11) is 0. The standard InChI is InChI=1S/C9H10ClF8I/c1-3-5(19)4(2)6(11,12)7(13,14)8(15,16)9(10,17)18/h4-5H,3H2,1-2H3. The van der Waals surface area contributed by atoms with Crippen LogP contribution in [0.3, 0.4) is 0 Å². The van der Waals surface area contributed by atoms with Crippen molar-refractivity contribution in [3.05, 3.63) is 0 Å². The molecule has 2 unspecified atom stereocenters. The Hall–Kier alpha value is 0.460. The minimum absolute atomic E-state index is 0.0176. The van der Waals surface area contributed by atoms with Crippen molar-refractivity contribution in [2.24, 2.45) is 5.92 Å². The zero-order chi connectivity index (χ0) is 15.9. The average Bonchev–Trinajstić information content (AvgIpc) is 2.24. The van der Waals surface area contributed by atoms with Gasteiger partial charge in [-0.1, -0.05) is 36.4 Å². The van der Waals surface area contributed by atoms with E-state index in [0.29, 0.717) is 6.92 Å². The van der Waals surface area contributed by atoms with Gasteiger partial charge in [0.25, 0.3) is 0 Å². The first-order valence-electron chi connectivity index (χ1n) is 4.98. The molecule has 0 aromatic carbocycles. The van der Waals surface area contributed by atoms with Crippen LogP contribution < -0.4 is 0 Å². The normalized spacial score (nSPS) is 18.3. The van der Waals surface area contributed by atoms with Crippen LogP contribution >= 0.6 is 34.2 Å². The van der Waals surface area contributed by atoms with Crippen molar-refractivity contribution in [2.75, 3.05) is 0 Å². The van der Waals surface area contributed by atoms with Crippen LogP contribution in [0, 0.1) is 5.92 Å². The molecule has 116 valence electrons. The van der Waals surface area contributed by atoms with Crippen molar-refractivity contribution in [1.29, 1.82) is 0 Å². The second-order valence-corrected chi connectivity index (χ2v) is 6.06. The van der Waals surface area contributed by atoms with Gasteiger partial charge in [0, 0.05) is 9.84 Å². The lowest BCUT2D eigenvalue weighted by Crippen LogP contribution is -2.63. The summed E-state index contributed by atoms with van der Waals surface area (Å²) in [4.78, 5) is 0. The molecule has 0 aliphatic carbocycles. The Balaban J connectivity index is 5.63. The van der Waals surface area contributed by atoms with Crippen molar-refractivity contribution < 1.29 is 35.1 Å². The van der Waals surface area contributed by atoms with Crippen molar-refractivity contribution in [3.8, 4) is 0 Å². The van der Waals surface area contributed by atoms with E-state index >= 15 is 0 Å². The Morgan fingerprint density at radius 3 is 1.58 bits per heavy atom. The van der Waals surface area contributed by atoms with E-state index in [1.54, 1.807) is 0 Å². The molecule has 2 atom stereocenters. The molecule has 0 N–H and O–H groups in total. The van der Waals surface area contributed by atoms with Gasteiger partial charge >= 0.3 is 23.1 Å². The topological polar surface area (TPSA) is 0 Å². The molecule has 0 bridgehead atoms. The number of alkyl halides is 10. The Labute approximate surface area is 123 Å². The van der Waals surface area contributed by atoms with E-state index in [0.717, 1.165) is 0 Å². The van der Waals surface area contributed by atoms with Gasteiger partial charge in [-0.25, -0.2) is 0 Å². The van der Waals surface area contributed by atoms with Crippen LogP contribution in [0.2, 0.25) is 0 Å². The third-order valence-electron chi connectivity index (χ3n) is 2.67. The van der Waals surface area contributed by atoms with Gasteiger partial charge in [0.2, 0.25) is 0 Å². The summed E-state index contributed by atoms with van der Waals surface area (Å²) >= 11 is 5.20. The molecular weight excluding hydrogens is 422 g/mol. The lowest BCUT2D eigenvalue weighted by molar-refractivity contribution is -0.357. The Kier molecular flexibility index (Phi) is 5.82. The molecule has 0 saturated heterocycles. The molecule has 0 amide bonds. The molecule has 19 heavy (non-hydrogen) atoms. The fraction of sp³-hybridized carbons (Fsp3) is 1.00. The van der Waals surface area contributed by atoms with Gasteiger partial charge in [0.1, 0.15) is 0 Å². The quantitative estimate of drug-likeness (QED) is 0.292. The zero-order valence-electron chi connectivity index (χ0n) is 9.64. The first kappa shape index (κ1) is 19.5. The Morgan fingerprint density at radius 1 is 0.947 bits per heavy atom. The van der Waals surface area contributed by atoms with E-state index in [9.17, 15) is 35.1 Å². The maximum absolute atomic E-state index is 13.4. The lowest BCUT2D eigenvalue weighted by Gasteiger charge is -2.38. The van der Waals surface area contributed by atoms with Crippen LogP contribution in [-0.2, 0) is 0 Å². The highest BCUT2D eigenvalue weighted by Gasteiger charge is 2.81. The molecule has 0 rings (SSSR count). The maximum atomic E-state index is 13.4. The molecule has 0 saturated carbocycles. The predicted octanol–water partition coefficient (Wildman–Crippen LogP) is 5.57. The number of hydrogen-bond acceptors (Lipinski definition) is 0. The molecule has 0 spiro atoms. The predicted molar refractivity (Wildman–Crippen MR) is 62.9 cm³/mol. The molecule has 0 fully saturated rings. The van der Waals surface area contributed by atoms with Crippen LogP contribution in [0.5, 0.6) is 0 Å². The molecule has 10 heteroatoms.